The monoisotopic (exact) mass is 363 g/mol. The van der Waals surface area contributed by atoms with Gasteiger partial charge in [0.2, 0.25) is 5.91 Å². The van der Waals surface area contributed by atoms with Crippen LogP contribution in [0.2, 0.25) is 0 Å². The molecule has 1 saturated heterocycles. The Balaban J connectivity index is 2.08. The number of carbonyl (C=O) groups excluding carboxylic acids is 1. The molecule has 1 aliphatic heterocycles. The highest BCUT2D eigenvalue weighted by atomic mass is 127. The Morgan fingerprint density at radius 1 is 1.53 bits per heavy atom. The minimum absolute atomic E-state index is 0.0692. The third-order valence-corrected chi connectivity index (χ3v) is 3.69. The van der Waals surface area contributed by atoms with Gasteiger partial charge in [0, 0.05) is 9.13 Å². The highest BCUT2D eigenvalue weighted by molar-refractivity contribution is 14.1. The van der Waals surface area contributed by atoms with Crippen molar-refractivity contribution in [2.24, 2.45) is 10.2 Å². The van der Waals surface area contributed by atoms with E-state index in [0.29, 0.717) is 10.9 Å². The number of hydrogen-bond donors (Lipinski definition) is 1. The van der Waals surface area contributed by atoms with Gasteiger partial charge in [-0.1, -0.05) is 11.8 Å². The van der Waals surface area contributed by atoms with Crippen molar-refractivity contribution in [3.8, 4) is 0 Å². The maximum absolute atomic E-state index is 12.8. The van der Waals surface area contributed by atoms with E-state index >= 15 is 0 Å². The standard InChI is InChI=1S/C10H7FIN3OS/c11-7-2-1-6(8(12)3-7)4-13-15-10-14-9(16)5-17-10/h1-4H,5H2,(H,14,15,16). The second-order valence-corrected chi connectivity index (χ2v) is 5.28. The summed E-state index contributed by atoms with van der Waals surface area (Å²) in [6.07, 6.45) is 1.53. The van der Waals surface area contributed by atoms with Crippen LogP contribution >= 0.6 is 34.4 Å². The lowest BCUT2D eigenvalue weighted by molar-refractivity contribution is -0.116. The first-order valence-electron chi connectivity index (χ1n) is 4.64. The largest absolute Gasteiger partial charge is 0.303 e. The van der Waals surface area contributed by atoms with Gasteiger partial charge in [-0.25, -0.2) is 4.39 Å². The van der Waals surface area contributed by atoms with Crippen LogP contribution in [0.4, 0.5) is 4.39 Å². The summed E-state index contributed by atoms with van der Waals surface area (Å²) in [6.45, 7) is 0. The summed E-state index contributed by atoms with van der Waals surface area (Å²) < 4.78 is 13.6. The van der Waals surface area contributed by atoms with E-state index in [-0.39, 0.29) is 11.7 Å². The quantitative estimate of drug-likeness (QED) is 0.496. The molecule has 1 heterocycles. The lowest BCUT2D eigenvalue weighted by Gasteiger charge is -1.96. The molecule has 1 aliphatic rings. The van der Waals surface area contributed by atoms with Crippen molar-refractivity contribution in [3.05, 3.63) is 33.1 Å². The van der Waals surface area contributed by atoms with Crippen LogP contribution in [0, 0.1) is 9.39 Å². The number of thioether (sulfide) groups is 1. The van der Waals surface area contributed by atoms with Crippen LogP contribution in [-0.2, 0) is 4.79 Å². The topological polar surface area (TPSA) is 53.8 Å². The summed E-state index contributed by atoms with van der Waals surface area (Å²) in [6, 6.07) is 4.41. The average molecular weight is 363 g/mol. The molecule has 0 aliphatic carbocycles. The number of rotatable bonds is 2. The molecule has 0 aromatic heterocycles. The number of hydrogen-bond acceptors (Lipinski definition) is 4. The first kappa shape index (κ1) is 12.5. The first-order valence-corrected chi connectivity index (χ1v) is 6.70. The Bertz CT molecular complexity index is 518. The van der Waals surface area contributed by atoms with Crippen molar-refractivity contribution >= 4 is 51.6 Å². The second kappa shape index (κ2) is 5.58. The lowest BCUT2D eigenvalue weighted by atomic mass is 10.2. The van der Waals surface area contributed by atoms with E-state index in [0.717, 1.165) is 9.13 Å². The van der Waals surface area contributed by atoms with Crippen molar-refractivity contribution in [2.45, 2.75) is 0 Å². The maximum atomic E-state index is 12.8. The fourth-order valence-corrected chi connectivity index (χ4v) is 2.38. The van der Waals surface area contributed by atoms with Crippen LogP contribution in [-0.4, -0.2) is 23.0 Å². The molecule has 1 aromatic rings. The number of halogens is 2. The Kier molecular flexibility index (Phi) is 4.11. The van der Waals surface area contributed by atoms with Crippen LogP contribution in [0.3, 0.4) is 0 Å². The molecular weight excluding hydrogens is 356 g/mol. The number of amides is 1. The number of nitrogens with zero attached hydrogens (tertiary/aromatic N) is 2. The van der Waals surface area contributed by atoms with E-state index < -0.39 is 0 Å². The van der Waals surface area contributed by atoms with Gasteiger partial charge in [0.05, 0.1) is 12.0 Å². The van der Waals surface area contributed by atoms with Crippen LogP contribution < -0.4 is 5.32 Å². The van der Waals surface area contributed by atoms with Gasteiger partial charge in [-0.05, 0) is 40.8 Å². The van der Waals surface area contributed by atoms with Crippen LogP contribution in [0.1, 0.15) is 5.56 Å². The molecule has 1 amide bonds. The van der Waals surface area contributed by atoms with Gasteiger partial charge in [0.25, 0.3) is 0 Å². The minimum Gasteiger partial charge on any atom is -0.303 e. The van der Waals surface area contributed by atoms with Crippen LogP contribution in [0.25, 0.3) is 0 Å². The van der Waals surface area contributed by atoms with Gasteiger partial charge in [-0.3, -0.25) is 4.79 Å². The Morgan fingerprint density at radius 3 is 3.00 bits per heavy atom. The molecule has 0 atom stereocenters. The van der Waals surface area contributed by atoms with E-state index in [9.17, 15) is 9.18 Å². The number of benzene rings is 1. The second-order valence-electron chi connectivity index (χ2n) is 3.15. The number of nitrogens with one attached hydrogen (secondary N) is 1. The molecule has 0 saturated carbocycles. The third kappa shape index (κ3) is 3.50. The summed E-state index contributed by atoms with van der Waals surface area (Å²) in [5, 5.41) is 10.8. The zero-order valence-corrected chi connectivity index (χ0v) is 11.5. The molecule has 1 N–H and O–H groups in total. The lowest BCUT2D eigenvalue weighted by Crippen LogP contribution is -2.19. The highest BCUT2D eigenvalue weighted by Gasteiger charge is 2.15. The molecule has 0 unspecified atom stereocenters. The van der Waals surface area contributed by atoms with Gasteiger partial charge in [-0.2, -0.15) is 5.10 Å². The Morgan fingerprint density at radius 2 is 2.35 bits per heavy atom. The van der Waals surface area contributed by atoms with Crippen LogP contribution in [0.5, 0.6) is 0 Å². The molecule has 1 fully saturated rings. The summed E-state index contributed by atoms with van der Waals surface area (Å²) in [5.74, 6) is 0.0272. The molecule has 1 aromatic carbocycles. The van der Waals surface area contributed by atoms with Crippen molar-refractivity contribution in [2.75, 3.05) is 5.75 Å². The molecule has 7 heteroatoms. The van der Waals surface area contributed by atoms with Crippen molar-refractivity contribution in [1.29, 1.82) is 0 Å². The summed E-state index contributed by atoms with van der Waals surface area (Å²) >= 11 is 3.33. The predicted molar refractivity (Wildman–Crippen MR) is 74.7 cm³/mol. The van der Waals surface area contributed by atoms with E-state index in [1.54, 1.807) is 6.07 Å². The van der Waals surface area contributed by atoms with E-state index in [1.165, 1.54) is 30.1 Å². The number of carbonyl (C=O) groups is 1. The molecule has 0 radical (unpaired) electrons. The predicted octanol–water partition coefficient (Wildman–Crippen LogP) is 1.98. The summed E-state index contributed by atoms with van der Waals surface area (Å²) in [4.78, 5) is 10.9. The van der Waals surface area contributed by atoms with Crippen LogP contribution in [0.15, 0.2) is 28.4 Å². The van der Waals surface area contributed by atoms with Crippen molar-refractivity contribution < 1.29 is 9.18 Å². The molecule has 0 bridgehead atoms. The number of amidine groups is 1. The summed E-state index contributed by atoms with van der Waals surface area (Å²) in [5.41, 5.74) is 0.783. The Hall–Kier alpha value is -0.960. The van der Waals surface area contributed by atoms with Crippen molar-refractivity contribution in [1.82, 2.24) is 5.32 Å². The van der Waals surface area contributed by atoms with Crippen molar-refractivity contribution in [3.63, 3.8) is 0 Å². The zero-order chi connectivity index (χ0) is 12.3. The molecule has 17 heavy (non-hydrogen) atoms. The van der Waals surface area contributed by atoms with Gasteiger partial charge in [0.1, 0.15) is 5.82 Å². The maximum Gasteiger partial charge on any atom is 0.236 e. The molecule has 2 rings (SSSR count). The third-order valence-electron chi connectivity index (χ3n) is 1.89. The fraction of sp³-hybridized carbons (Fsp3) is 0.100. The molecule has 4 nitrogen and oxygen atoms in total. The molecular formula is C10H7FIN3OS. The Labute approximate surface area is 115 Å². The molecule has 88 valence electrons. The average Bonchev–Trinajstić information content (AvgIpc) is 2.68. The van der Waals surface area contributed by atoms with Gasteiger partial charge in [-0.15, -0.1) is 5.10 Å². The fourth-order valence-electron chi connectivity index (χ4n) is 1.13. The zero-order valence-electron chi connectivity index (χ0n) is 8.48. The normalized spacial score (nSPS) is 18.0. The van der Waals surface area contributed by atoms with E-state index in [1.807, 2.05) is 22.6 Å². The van der Waals surface area contributed by atoms with E-state index in [4.69, 9.17) is 0 Å². The SMILES string of the molecule is O=C1CSC(=NN=Cc2ccc(F)cc2I)N1. The smallest absolute Gasteiger partial charge is 0.236 e. The van der Waals surface area contributed by atoms with Gasteiger partial charge in [0.15, 0.2) is 5.17 Å². The van der Waals surface area contributed by atoms with Gasteiger partial charge >= 0.3 is 0 Å². The minimum atomic E-state index is -0.281. The van der Waals surface area contributed by atoms with Gasteiger partial charge < -0.3 is 5.32 Å². The molecule has 0 spiro atoms. The highest BCUT2D eigenvalue weighted by Crippen LogP contribution is 2.12. The summed E-state index contributed by atoms with van der Waals surface area (Å²) in [7, 11) is 0. The van der Waals surface area contributed by atoms with E-state index in [2.05, 4.69) is 15.5 Å². The first-order chi connectivity index (χ1) is 8.15.